The first-order valence-electron chi connectivity index (χ1n) is 8.05. The summed E-state index contributed by atoms with van der Waals surface area (Å²) in [5, 5.41) is 9.10. The molecule has 7 nitrogen and oxygen atoms in total. The molecule has 122 valence electrons. The van der Waals surface area contributed by atoms with Gasteiger partial charge in [-0.3, -0.25) is 14.2 Å². The fourth-order valence-electron chi connectivity index (χ4n) is 2.94. The highest BCUT2D eigenvalue weighted by atomic mass is 16.2. The molecule has 1 saturated heterocycles. The number of aromatic nitrogens is 2. The predicted octanol–water partition coefficient (Wildman–Crippen LogP) is 0.475. The van der Waals surface area contributed by atoms with Gasteiger partial charge in [0.15, 0.2) is 0 Å². The van der Waals surface area contributed by atoms with E-state index in [1.54, 1.807) is 4.90 Å². The molecule has 0 aromatic carbocycles. The smallest absolute Gasteiger partial charge is 0.331 e. The number of likely N-dealkylation sites (tertiary alicyclic amines) is 1. The Hall–Kier alpha value is -2.36. The van der Waals surface area contributed by atoms with E-state index >= 15 is 0 Å². The highest BCUT2D eigenvalue weighted by Crippen LogP contribution is 2.33. The van der Waals surface area contributed by atoms with Gasteiger partial charge in [0, 0.05) is 25.3 Å². The SMILES string of the molecule is CC1CCN(C(=O)Cn2c(=O)c(C#N)cn(C3CC3)c2=O)CC1. The fraction of sp³-hybridized carbons (Fsp3) is 0.625. The first-order valence-corrected chi connectivity index (χ1v) is 8.05. The Morgan fingerprint density at radius 2 is 1.91 bits per heavy atom. The van der Waals surface area contributed by atoms with Gasteiger partial charge in [-0.25, -0.2) is 9.36 Å². The lowest BCUT2D eigenvalue weighted by atomic mass is 9.99. The van der Waals surface area contributed by atoms with Gasteiger partial charge >= 0.3 is 5.69 Å². The van der Waals surface area contributed by atoms with E-state index in [0.717, 1.165) is 30.3 Å². The van der Waals surface area contributed by atoms with Crippen LogP contribution in [0.1, 0.15) is 44.2 Å². The molecule has 2 aliphatic rings. The van der Waals surface area contributed by atoms with Crippen LogP contribution in [0, 0.1) is 17.2 Å². The minimum absolute atomic E-state index is 0.0485. The molecule has 2 fully saturated rings. The summed E-state index contributed by atoms with van der Waals surface area (Å²) >= 11 is 0. The molecule has 0 unspecified atom stereocenters. The second kappa shape index (κ2) is 6.03. The Labute approximate surface area is 133 Å². The van der Waals surface area contributed by atoms with Crippen molar-refractivity contribution in [1.82, 2.24) is 14.0 Å². The number of hydrogen-bond acceptors (Lipinski definition) is 4. The van der Waals surface area contributed by atoms with Crippen molar-refractivity contribution >= 4 is 5.91 Å². The first kappa shape index (κ1) is 15.5. The standard InChI is InChI=1S/C16H20N4O3/c1-11-4-6-18(7-5-11)14(21)10-20-15(22)12(8-17)9-19(16(20)23)13-2-3-13/h9,11,13H,2-7,10H2,1H3. The molecule has 1 saturated carbocycles. The number of nitriles is 1. The van der Waals surface area contributed by atoms with Gasteiger partial charge in [-0.2, -0.15) is 5.26 Å². The van der Waals surface area contributed by atoms with Crippen LogP contribution in [0.3, 0.4) is 0 Å². The van der Waals surface area contributed by atoms with Crippen LogP contribution in [0.15, 0.2) is 15.8 Å². The molecule has 0 N–H and O–H groups in total. The van der Waals surface area contributed by atoms with E-state index in [4.69, 9.17) is 5.26 Å². The third-order valence-corrected chi connectivity index (χ3v) is 4.69. The summed E-state index contributed by atoms with van der Waals surface area (Å²) in [7, 11) is 0. The average molecular weight is 316 g/mol. The maximum atomic E-state index is 12.5. The van der Waals surface area contributed by atoms with Crippen molar-refractivity contribution in [2.45, 2.75) is 45.2 Å². The number of hydrogen-bond donors (Lipinski definition) is 0. The van der Waals surface area contributed by atoms with Crippen LogP contribution in [0.5, 0.6) is 0 Å². The van der Waals surface area contributed by atoms with Crippen LogP contribution >= 0.6 is 0 Å². The summed E-state index contributed by atoms with van der Waals surface area (Å²) in [5.41, 5.74) is -1.25. The van der Waals surface area contributed by atoms with Gasteiger partial charge in [0.25, 0.3) is 5.56 Å². The highest BCUT2D eigenvalue weighted by molar-refractivity contribution is 5.76. The lowest BCUT2D eigenvalue weighted by Gasteiger charge is -2.30. The van der Waals surface area contributed by atoms with Crippen molar-refractivity contribution in [3.8, 4) is 6.07 Å². The van der Waals surface area contributed by atoms with Gasteiger partial charge in [-0.1, -0.05) is 6.92 Å². The van der Waals surface area contributed by atoms with Gasteiger partial charge in [-0.15, -0.1) is 0 Å². The lowest BCUT2D eigenvalue weighted by molar-refractivity contribution is -0.133. The third-order valence-electron chi connectivity index (χ3n) is 4.69. The van der Waals surface area contributed by atoms with Gasteiger partial charge in [-0.05, 0) is 31.6 Å². The van der Waals surface area contributed by atoms with E-state index in [1.165, 1.54) is 10.8 Å². The second-order valence-electron chi connectivity index (χ2n) is 6.53. The maximum absolute atomic E-state index is 12.5. The van der Waals surface area contributed by atoms with Crippen molar-refractivity contribution in [2.75, 3.05) is 13.1 Å². The zero-order valence-electron chi connectivity index (χ0n) is 13.2. The minimum Gasteiger partial charge on any atom is -0.341 e. The summed E-state index contributed by atoms with van der Waals surface area (Å²) in [6.45, 7) is 3.18. The zero-order chi connectivity index (χ0) is 16.6. The molecule has 1 aromatic rings. The Morgan fingerprint density at radius 3 is 2.48 bits per heavy atom. The number of carbonyl (C=O) groups excluding carboxylic acids is 1. The molecule has 2 heterocycles. The molecule has 1 aromatic heterocycles. The molecule has 1 aliphatic carbocycles. The Kier molecular flexibility index (Phi) is 4.07. The van der Waals surface area contributed by atoms with E-state index in [0.29, 0.717) is 19.0 Å². The number of nitrogens with zero attached hydrogens (tertiary/aromatic N) is 4. The van der Waals surface area contributed by atoms with Gasteiger partial charge in [0.05, 0.1) is 0 Å². The normalized spacial score (nSPS) is 18.7. The topological polar surface area (TPSA) is 88.1 Å². The van der Waals surface area contributed by atoms with E-state index in [-0.39, 0.29) is 24.1 Å². The molecular formula is C16H20N4O3. The van der Waals surface area contributed by atoms with Crippen LogP contribution in [0.25, 0.3) is 0 Å². The van der Waals surface area contributed by atoms with Crippen molar-refractivity contribution < 1.29 is 4.79 Å². The van der Waals surface area contributed by atoms with Crippen LogP contribution in [-0.2, 0) is 11.3 Å². The van der Waals surface area contributed by atoms with E-state index in [2.05, 4.69) is 6.92 Å². The van der Waals surface area contributed by atoms with Gasteiger partial charge in [0.1, 0.15) is 18.2 Å². The van der Waals surface area contributed by atoms with Crippen molar-refractivity contribution in [3.63, 3.8) is 0 Å². The largest absolute Gasteiger partial charge is 0.341 e. The molecule has 0 spiro atoms. The number of piperidine rings is 1. The minimum atomic E-state index is -0.673. The Bertz CT molecular complexity index is 774. The summed E-state index contributed by atoms with van der Waals surface area (Å²) in [5.74, 6) is 0.365. The molecule has 1 aliphatic heterocycles. The van der Waals surface area contributed by atoms with Gasteiger partial charge < -0.3 is 4.90 Å². The molecule has 0 atom stereocenters. The first-order chi connectivity index (χ1) is 11.0. The summed E-state index contributed by atoms with van der Waals surface area (Å²) in [4.78, 5) is 38.8. The zero-order valence-corrected chi connectivity index (χ0v) is 13.2. The summed E-state index contributed by atoms with van der Waals surface area (Å²) in [6.07, 6.45) is 4.92. The fourth-order valence-corrected chi connectivity index (χ4v) is 2.94. The van der Waals surface area contributed by atoms with E-state index in [9.17, 15) is 14.4 Å². The summed E-state index contributed by atoms with van der Waals surface area (Å²) in [6, 6.07) is 1.88. The molecule has 3 rings (SSSR count). The third kappa shape index (κ3) is 3.07. The average Bonchev–Trinajstić information content (AvgIpc) is 3.37. The Morgan fingerprint density at radius 1 is 1.26 bits per heavy atom. The molecule has 7 heteroatoms. The van der Waals surface area contributed by atoms with Crippen LogP contribution in [0.4, 0.5) is 0 Å². The van der Waals surface area contributed by atoms with Gasteiger partial charge in [0.2, 0.25) is 5.91 Å². The van der Waals surface area contributed by atoms with E-state index < -0.39 is 11.2 Å². The highest BCUT2D eigenvalue weighted by Gasteiger charge is 2.28. The predicted molar refractivity (Wildman–Crippen MR) is 82.9 cm³/mol. The van der Waals surface area contributed by atoms with E-state index in [1.807, 2.05) is 6.07 Å². The number of carbonyl (C=O) groups is 1. The van der Waals surface area contributed by atoms with Crippen molar-refractivity contribution in [3.05, 3.63) is 32.6 Å². The van der Waals surface area contributed by atoms with Crippen molar-refractivity contribution in [1.29, 1.82) is 5.26 Å². The van der Waals surface area contributed by atoms with Crippen molar-refractivity contribution in [2.24, 2.45) is 5.92 Å². The molecular weight excluding hydrogens is 296 g/mol. The maximum Gasteiger partial charge on any atom is 0.331 e. The quantitative estimate of drug-likeness (QED) is 0.811. The lowest BCUT2D eigenvalue weighted by Crippen LogP contribution is -2.46. The Balaban J connectivity index is 1.89. The van der Waals surface area contributed by atoms with Crippen LogP contribution in [-0.4, -0.2) is 33.0 Å². The number of rotatable bonds is 3. The molecule has 0 bridgehead atoms. The second-order valence-corrected chi connectivity index (χ2v) is 6.53. The molecule has 1 amide bonds. The molecule has 0 radical (unpaired) electrons. The van der Waals surface area contributed by atoms with Crippen LogP contribution < -0.4 is 11.2 Å². The number of amides is 1. The summed E-state index contributed by atoms with van der Waals surface area (Å²) < 4.78 is 2.34. The monoisotopic (exact) mass is 316 g/mol. The molecule has 23 heavy (non-hydrogen) atoms. The van der Waals surface area contributed by atoms with Crippen LogP contribution in [0.2, 0.25) is 0 Å².